The van der Waals surface area contributed by atoms with Gasteiger partial charge in [0.15, 0.2) is 5.96 Å². The highest BCUT2D eigenvalue weighted by Gasteiger charge is 2.13. The molecule has 58 valence electrons. The van der Waals surface area contributed by atoms with Crippen molar-refractivity contribution >= 4 is 5.96 Å². The number of nitrogens with zero attached hydrogens (tertiary/aromatic N) is 2. The van der Waals surface area contributed by atoms with Crippen LogP contribution >= 0.6 is 0 Å². The summed E-state index contributed by atoms with van der Waals surface area (Å²) in [5.41, 5.74) is 0. The molecule has 1 rings (SSSR count). The fraction of sp³-hybridized carbons (Fsp3) is 0.857. The Morgan fingerprint density at radius 1 is 1.60 bits per heavy atom. The second kappa shape index (κ2) is 3.44. The third kappa shape index (κ3) is 1.40. The van der Waals surface area contributed by atoms with Gasteiger partial charge in [-0.05, 0) is 13.8 Å². The van der Waals surface area contributed by atoms with Gasteiger partial charge in [0.1, 0.15) is 0 Å². The zero-order valence-electron chi connectivity index (χ0n) is 6.72. The van der Waals surface area contributed by atoms with Gasteiger partial charge in [0, 0.05) is 26.2 Å². The van der Waals surface area contributed by atoms with E-state index in [1.807, 2.05) is 0 Å². The summed E-state index contributed by atoms with van der Waals surface area (Å²) in [5.74, 6) is 1.07. The molecule has 1 N–H and O–H groups in total. The minimum atomic E-state index is 0.874. The van der Waals surface area contributed by atoms with Gasteiger partial charge in [0.2, 0.25) is 0 Å². The lowest BCUT2D eigenvalue weighted by atomic mass is 10.6. The van der Waals surface area contributed by atoms with Crippen molar-refractivity contribution in [3.05, 3.63) is 0 Å². The van der Waals surface area contributed by atoms with Crippen LogP contribution < -0.4 is 5.32 Å². The van der Waals surface area contributed by atoms with Gasteiger partial charge in [-0.2, -0.15) is 0 Å². The van der Waals surface area contributed by atoms with E-state index in [0.29, 0.717) is 0 Å². The van der Waals surface area contributed by atoms with Crippen molar-refractivity contribution in [3.63, 3.8) is 0 Å². The second-order valence-electron chi connectivity index (χ2n) is 2.30. The third-order valence-corrected chi connectivity index (χ3v) is 1.65. The fourth-order valence-electron chi connectivity index (χ4n) is 1.13. The van der Waals surface area contributed by atoms with Crippen molar-refractivity contribution in [2.75, 3.05) is 26.2 Å². The molecule has 10 heavy (non-hydrogen) atoms. The van der Waals surface area contributed by atoms with Crippen LogP contribution in [0.1, 0.15) is 13.8 Å². The van der Waals surface area contributed by atoms with Gasteiger partial charge in [-0.1, -0.05) is 0 Å². The maximum atomic E-state index is 4.31. The van der Waals surface area contributed by atoms with E-state index in [2.05, 4.69) is 29.1 Å². The third-order valence-electron chi connectivity index (χ3n) is 1.65. The zero-order valence-corrected chi connectivity index (χ0v) is 6.72. The molecule has 0 aliphatic carbocycles. The molecule has 0 saturated carbocycles. The lowest BCUT2D eigenvalue weighted by Gasteiger charge is -2.13. The topological polar surface area (TPSA) is 27.6 Å². The lowest BCUT2D eigenvalue weighted by molar-refractivity contribution is 0.487. The highest BCUT2D eigenvalue weighted by Crippen LogP contribution is 1.95. The van der Waals surface area contributed by atoms with Crippen molar-refractivity contribution in [2.45, 2.75) is 13.8 Å². The Morgan fingerprint density at radius 3 is 3.00 bits per heavy atom. The van der Waals surface area contributed by atoms with E-state index in [-0.39, 0.29) is 0 Å². The van der Waals surface area contributed by atoms with Gasteiger partial charge in [0.25, 0.3) is 0 Å². The van der Waals surface area contributed by atoms with Crippen LogP contribution in [0.4, 0.5) is 0 Å². The van der Waals surface area contributed by atoms with Crippen molar-refractivity contribution in [3.8, 4) is 0 Å². The summed E-state index contributed by atoms with van der Waals surface area (Å²) in [4.78, 5) is 6.56. The Labute approximate surface area is 62.1 Å². The fourth-order valence-corrected chi connectivity index (χ4v) is 1.13. The Bertz CT molecular complexity index is 131. The summed E-state index contributed by atoms with van der Waals surface area (Å²) in [5, 5.41) is 3.23. The zero-order chi connectivity index (χ0) is 7.40. The van der Waals surface area contributed by atoms with E-state index < -0.39 is 0 Å². The molecule has 0 amide bonds. The van der Waals surface area contributed by atoms with Gasteiger partial charge in [-0.15, -0.1) is 0 Å². The molecule has 1 aliphatic rings. The number of aliphatic imine (C=N–C) groups is 1. The smallest absolute Gasteiger partial charge is 0.194 e. The van der Waals surface area contributed by atoms with Crippen LogP contribution in [0.5, 0.6) is 0 Å². The van der Waals surface area contributed by atoms with E-state index in [1.54, 1.807) is 0 Å². The summed E-state index contributed by atoms with van der Waals surface area (Å²) in [6, 6.07) is 0. The standard InChI is InChI=1S/C7H15N3/c1-3-8-7-9-5-6-10(7)4-2/h3-6H2,1-2H3,(H,8,9). The highest BCUT2D eigenvalue weighted by molar-refractivity contribution is 5.81. The lowest BCUT2D eigenvalue weighted by Crippen LogP contribution is -2.29. The normalized spacial score (nSPS) is 21.8. The van der Waals surface area contributed by atoms with Gasteiger partial charge >= 0.3 is 0 Å². The first-order valence-corrected chi connectivity index (χ1v) is 3.91. The molecule has 1 saturated heterocycles. The van der Waals surface area contributed by atoms with Crippen LogP contribution in [0.2, 0.25) is 0 Å². The van der Waals surface area contributed by atoms with Gasteiger partial charge in [-0.25, -0.2) is 0 Å². The van der Waals surface area contributed by atoms with Crippen LogP contribution in [0.3, 0.4) is 0 Å². The van der Waals surface area contributed by atoms with Crippen molar-refractivity contribution in [2.24, 2.45) is 4.99 Å². The van der Waals surface area contributed by atoms with E-state index in [1.165, 1.54) is 0 Å². The molecule has 0 atom stereocenters. The first kappa shape index (κ1) is 7.38. The summed E-state index contributed by atoms with van der Waals surface area (Å²) < 4.78 is 0. The quantitative estimate of drug-likeness (QED) is 0.598. The van der Waals surface area contributed by atoms with Crippen LogP contribution in [0.15, 0.2) is 4.99 Å². The summed E-state index contributed by atoms with van der Waals surface area (Å²) >= 11 is 0. The SMILES string of the molecule is CC/N=C1\NCCN1CC. The van der Waals surface area contributed by atoms with Crippen molar-refractivity contribution < 1.29 is 0 Å². The maximum absolute atomic E-state index is 4.31. The average Bonchev–Trinajstić information content (AvgIpc) is 2.36. The van der Waals surface area contributed by atoms with Crippen LogP contribution in [0.25, 0.3) is 0 Å². The van der Waals surface area contributed by atoms with E-state index in [0.717, 1.165) is 32.1 Å². The molecular formula is C7H15N3. The van der Waals surface area contributed by atoms with Crippen LogP contribution in [-0.4, -0.2) is 37.0 Å². The molecule has 0 aromatic carbocycles. The van der Waals surface area contributed by atoms with Gasteiger partial charge < -0.3 is 10.2 Å². The molecule has 0 aromatic heterocycles. The molecule has 0 unspecified atom stereocenters. The predicted molar refractivity (Wildman–Crippen MR) is 43.2 cm³/mol. The molecule has 3 heteroatoms. The summed E-state index contributed by atoms with van der Waals surface area (Å²) in [6.07, 6.45) is 0. The average molecular weight is 141 g/mol. The number of nitrogens with one attached hydrogen (secondary N) is 1. The van der Waals surface area contributed by atoms with E-state index >= 15 is 0 Å². The second-order valence-corrected chi connectivity index (χ2v) is 2.30. The number of rotatable bonds is 2. The van der Waals surface area contributed by atoms with Crippen LogP contribution in [-0.2, 0) is 0 Å². The maximum Gasteiger partial charge on any atom is 0.194 e. The summed E-state index contributed by atoms with van der Waals surface area (Å²) in [6.45, 7) is 8.30. The minimum Gasteiger partial charge on any atom is -0.354 e. The Balaban J connectivity index is 2.49. The Kier molecular flexibility index (Phi) is 2.54. The molecule has 1 heterocycles. The highest BCUT2D eigenvalue weighted by atomic mass is 15.3. The molecule has 3 nitrogen and oxygen atoms in total. The number of likely N-dealkylation sites (N-methyl/N-ethyl adjacent to an activating group) is 1. The first-order chi connectivity index (χ1) is 4.88. The van der Waals surface area contributed by atoms with Crippen LogP contribution in [0, 0.1) is 0 Å². The molecule has 0 aromatic rings. The molecule has 0 radical (unpaired) electrons. The number of hydrogen-bond donors (Lipinski definition) is 1. The Morgan fingerprint density at radius 2 is 2.40 bits per heavy atom. The van der Waals surface area contributed by atoms with Crippen molar-refractivity contribution in [1.82, 2.24) is 10.2 Å². The molecule has 1 fully saturated rings. The predicted octanol–water partition coefficient (Wildman–Crippen LogP) is 0.287. The molecular weight excluding hydrogens is 126 g/mol. The number of guanidine groups is 1. The first-order valence-electron chi connectivity index (χ1n) is 3.91. The van der Waals surface area contributed by atoms with Gasteiger partial charge in [-0.3, -0.25) is 4.99 Å². The minimum absolute atomic E-state index is 0.874. The van der Waals surface area contributed by atoms with Gasteiger partial charge in [0.05, 0.1) is 0 Å². The largest absolute Gasteiger partial charge is 0.354 e. The van der Waals surface area contributed by atoms with E-state index in [9.17, 15) is 0 Å². The van der Waals surface area contributed by atoms with E-state index in [4.69, 9.17) is 0 Å². The monoisotopic (exact) mass is 141 g/mol. The van der Waals surface area contributed by atoms with Crippen molar-refractivity contribution in [1.29, 1.82) is 0 Å². The number of hydrogen-bond acceptors (Lipinski definition) is 1. The molecule has 1 aliphatic heterocycles. The Hall–Kier alpha value is -0.730. The molecule has 0 spiro atoms. The molecule has 0 bridgehead atoms. The summed E-state index contributed by atoms with van der Waals surface area (Å²) in [7, 11) is 0.